The number of hydrogen-bond acceptors (Lipinski definition) is 1. The van der Waals surface area contributed by atoms with Gasteiger partial charge in [0, 0.05) is 6.54 Å². The number of aryl methyl sites for hydroxylation is 1. The van der Waals surface area contributed by atoms with Crippen molar-refractivity contribution in [2.24, 2.45) is 0 Å². The van der Waals surface area contributed by atoms with Crippen LogP contribution in [-0.4, -0.2) is 9.55 Å². The number of rotatable bonds is 3. The Hall–Kier alpha value is -0.800. The van der Waals surface area contributed by atoms with Crippen LogP contribution >= 0.6 is 23.8 Å². The average molecular weight is 241 g/mol. The highest BCUT2D eigenvalue weighted by Crippen LogP contribution is 2.22. The largest absolute Gasteiger partial charge is 0.329 e. The van der Waals surface area contributed by atoms with Crippen molar-refractivity contribution in [1.29, 1.82) is 0 Å². The third-order valence-corrected chi connectivity index (χ3v) is 3.13. The van der Waals surface area contributed by atoms with Crippen LogP contribution in [0.4, 0.5) is 0 Å². The molecule has 2 aromatic rings. The molecule has 1 aromatic carbocycles. The smallest absolute Gasteiger partial charge is 0.178 e. The lowest BCUT2D eigenvalue weighted by Crippen LogP contribution is -1.96. The SMILES string of the molecule is CCCCn1c(=S)[nH]c2c(Cl)cccc21. The number of halogens is 1. The van der Waals surface area contributed by atoms with Crippen molar-refractivity contribution in [1.82, 2.24) is 9.55 Å². The van der Waals surface area contributed by atoms with E-state index in [1.54, 1.807) is 0 Å². The second kappa shape index (κ2) is 4.37. The lowest BCUT2D eigenvalue weighted by atomic mass is 10.3. The van der Waals surface area contributed by atoms with Gasteiger partial charge in [-0.05, 0) is 30.8 Å². The van der Waals surface area contributed by atoms with E-state index in [0.717, 1.165) is 40.2 Å². The fraction of sp³-hybridized carbons (Fsp3) is 0.364. The van der Waals surface area contributed by atoms with Gasteiger partial charge in [-0.25, -0.2) is 0 Å². The zero-order valence-electron chi connectivity index (χ0n) is 8.59. The molecule has 0 amide bonds. The fourth-order valence-corrected chi connectivity index (χ4v) is 2.19. The number of benzene rings is 1. The van der Waals surface area contributed by atoms with Crippen LogP contribution in [0.5, 0.6) is 0 Å². The summed E-state index contributed by atoms with van der Waals surface area (Å²) in [4.78, 5) is 3.15. The molecule has 0 spiro atoms. The van der Waals surface area contributed by atoms with E-state index in [0.29, 0.717) is 0 Å². The molecule has 0 radical (unpaired) electrons. The Kier molecular flexibility index (Phi) is 3.12. The minimum atomic E-state index is 0.730. The summed E-state index contributed by atoms with van der Waals surface area (Å²) >= 11 is 11.4. The predicted molar refractivity (Wildman–Crippen MR) is 67.0 cm³/mol. The van der Waals surface area contributed by atoms with E-state index in [4.69, 9.17) is 23.8 Å². The molecule has 80 valence electrons. The van der Waals surface area contributed by atoms with E-state index < -0.39 is 0 Å². The molecule has 2 nitrogen and oxygen atoms in total. The summed E-state index contributed by atoms with van der Waals surface area (Å²) in [5, 5.41) is 0.730. The molecule has 0 aliphatic carbocycles. The quantitative estimate of drug-likeness (QED) is 0.800. The summed E-state index contributed by atoms with van der Waals surface area (Å²) in [6.07, 6.45) is 2.29. The van der Waals surface area contributed by atoms with Gasteiger partial charge in [0.05, 0.1) is 16.1 Å². The second-order valence-corrected chi connectivity index (χ2v) is 4.36. The standard InChI is InChI=1S/C11H13ClN2S/c1-2-3-7-14-9-6-4-5-8(12)10(9)13-11(14)15/h4-6H,2-3,7H2,1H3,(H,13,15). The zero-order valence-corrected chi connectivity index (χ0v) is 10.2. The number of aromatic amines is 1. The molecule has 0 atom stereocenters. The Balaban J connectivity index is 2.58. The first kappa shape index (κ1) is 10.7. The summed E-state index contributed by atoms with van der Waals surface area (Å²) in [7, 11) is 0. The van der Waals surface area contributed by atoms with Crippen LogP contribution in [0.1, 0.15) is 19.8 Å². The van der Waals surface area contributed by atoms with Crippen LogP contribution in [-0.2, 0) is 6.54 Å². The van der Waals surface area contributed by atoms with Gasteiger partial charge in [0.15, 0.2) is 4.77 Å². The number of fused-ring (bicyclic) bond motifs is 1. The van der Waals surface area contributed by atoms with Gasteiger partial charge in [0.2, 0.25) is 0 Å². The van der Waals surface area contributed by atoms with Crippen LogP contribution in [0, 0.1) is 4.77 Å². The van der Waals surface area contributed by atoms with Gasteiger partial charge in [-0.2, -0.15) is 0 Å². The Morgan fingerprint density at radius 1 is 1.47 bits per heavy atom. The first-order chi connectivity index (χ1) is 7.24. The Bertz CT molecular complexity index is 527. The molecule has 0 bridgehead atoms. The molecule has 15 heavy (non-hydrogen) atoms. The first-order valence-electron chi connectivity index (χ1n) is 5.11. The molecule has 1 N–H and O–H groups in total. The Morgan fingerprint density at radius 2 is 2.27 bits per heavy atom. The number of nitrogens with zero attached hydrogens (tertiary/aromatic N) is 1. The van der Waals surface area contributed by atoms with Crippen LogP contribution in [0.15, 0.2) is 18.2 Å². The molecule has 1 heterocycles. The van der Waals surface area contributed by atoms with Crippen LogP contribution < -0.4 is 0 Å². The molecule has 2 rings (SSSR count). The molecular formula is C11H13ClN2S. The molecule has 4 heteroatoms. The molecule has 0 aliphatic rings. The van der Waals surface area contributed by atoms with Crippen molar-refractivity contribution in [3.63, 3.8) is 0 Å². The van der Waals surface area contributed by atoms with E-state index in [2.05, 4.69) is 16.5 Å². The summed E-state index contributed by atoms with van der Waals surface area (Å²) < 4.78 is 2.87. The van der Waals surface area contributed by atoms with Crippen molar-refractivity contribution in [3.05, 3.63) is 28.0 Å². The monoisotopic (exact) mass is 240 g/mol. The maximum absolute atomic E-state index is 6.09. The molecular weight excluding hydrogens is 228 g/mol. The highest BCUT2D eigenvalue weighted by molar-refractivity contribution is 7.71. The normalized spacial score (nSPS) is 11.1. The van der Waals surface area contributed by atoms with Gasteiger partial charge in [0.25, 0.3) is 0 Å². The molecule has 0 saturated carbocycles. The van der Waals surface area contributed by atoms with Crippen molar-refractivity contribution >= 4 is 34.9 Å². The molecule has 0 aliphatic heterocycles. The average Bonchev–Trinajstić information content (AvgIpc) is 2.54. The lowest BCUT2D eigenvalue weighted by Gasteiger charge is -2.02. The van der Waals surface area contributed by atoms with Crippen LogP contribution in [0.3, 0.4) is 0 Å². The number of hydrogen-bond donors (Lipinski definition) is 1. The van der Waals surface area contributed by atoms with Gasteiger partial charge < -0.3 is 9.55 Å². The van der Waals surface area contributed by atoms with Crippen molar-refractivity contribution in [2.75, 3.05) is 0 Å². The molecule has 0 fully saturated rings. The van der Waals surface area contributed by atoms with Crippen molar-refractivity contribution in [2.45, 2.75) is 26.3 Å². The van der Waals surface area contributed by atoms with Gasteiger partial charge in [-0.3, -0.25) is 0 Å². The number of nitrogens with one attached hydrogen (secondary N) is 1. The number of unbranched alkanes of at least 4 members (excludes halogenated alkanes) is 1. The number of aromatic nitrogens is 2. The highest BCUT2D eigenvalue weighted by atomic mass is 35.5. The predicted octanol–water partition coefficient (Wildman–Crippen LogP) is 4.15. The minimum Gasteiger partial charge on any atom is -0.329 e. The fourth-order valence-electron chi connectivity index (χ4n) is 1.68. The number of H-pyrrole nitrogens is 1. The molecule has 0 saturated heterocycles. The summed E-state index contributed by atoms with van der Waals surface area (Å²) in [5.74, 6) is 0. The Morgan fingerprint density at radius 3 is 3.00 bits per heavy atom. The van der Waals surface area contributed by atoms with E-state index >= 15 is 0 Å². The number of para-hydroxylation sites is 1. The van der Waals surface area contributed by atoms with Crippen molar-refractivity contribution in [3.8, 4) is 0 Å². The van der Waals surface area contributed by atoms with Gasteiger partial charge >= 0.3 is 0 Å². The third-order valence-electron chi connectivity index (χ3n) is 2.49. The van der Waals surface area contributed by atoms with Gasteiger partial charge in [-0.1, -0.05) is 31.0 Å². The number of imidazole rings is 1. The summed E-state index contributed by atoms with van der Waals surface area (Å²) in [5.41, 5.74) is 2.04. The van der Waals surface area contributed by atoms with Crippen molar-refractivity contribution < 1.29 is 0 Å². The first-order valence-corrected chi connectivity index (χ1v) is 5.89. The molecule has 0 unspecified atom stereocenters. The van der Waals surface area contributed by atoms with Crippen LogP contribution in [0.2, 0.25) is 5.02 Å². The Labute approximate surface area is 98.9 Å². The van der Waals surface area contributed by atoms with Gasteiger partial charge in [0.1, 0.15) is 0 Å². The maximum atomic E-state index is 6.09. The zero-order chi connectivity index (χ0) is 10.8. The minimum absolute atomic E-state index is 0.730. The topological polar surface area (TPSA) is 20.7 Å². The summed E-state index contributed by atoms with van der Waals surface area (Å²) in [6, 6.07) is 5.87. The lowest BCUT2D eigenvalue weighted by molar-refractivity contribution is 0.639. The summed E-state index contributed by atoms with van der Waals surface area (Å²) in [6.45, 7) is 3.13. The van der Waals surface area contributed by atoms with E-state index in [1.165, 1.54) is 0 Å². The maximum Gasteiger partial charge on any atom is 0.178 e. The second-order valence-electron chi connectivity index (χ2n) is 3.57. The highest BCUT2D eigenvalue weighted by Gasteiger charge is 2.05. The molecule has 1 aromatic heterocycles. The van der Waals surface area contributed by atoms with E-state index in [-0.39, 0.29) is 0 Å². The van der Waals surface area contributed by atoms with E-state index in [1.807, 2.05) is 18.2 Å². The third kappa shape index (κ3) is 1.94. The van der Waals surface area contributed by atoms with Crippen LogP contribution in [0.25, 0.3) is 11.0 Å². The van der Waals surface area contributed by atoms with E-state index in [9.17, 15) is 0 Å². The van der Waals surface area contributed by atoms with Gasteiger partial charge in [-0.15, -0.1) is 0 Å².